The van der Waals surface area contributed by atoms with Crippen LogP contribution in [0.1, 0.15) is 17.1 Å². The number of hydrogen-bond donors (Lipinski definition) is 1. The number of nitrogens with zero attached hydrogens (tertiary/aromatic N) is 2. The number of rotatable bonds is 3. The minimum Gasteiger partial charge on any atom is -0.383 e. The van der Waals surface area contributed by atoms with Gasteiger partial charge in [0.2, 0.25) is 0 Å². The Labute approximate surface area is 119 Å². The van der Waals surface area contributed by atoms with Crippen LogP contribution in [0.4, 0.5) is 10.2 Å². The smallest absolute Gasteiger partial charge is 0.141 e. The van der Waals surface area contributed by atoms with Crippen molar-refractivity contribution >= 4 is 29.3 Å². The van der Waals surface area contributed by atoms with Gasteiger partial charge in [-0.15, -0.1) is 11.8 Å². The third-order valence-electron chi connectivity index (χ3n) is 2.85. The van der Waals surface area contributed by atoms with E-state index in [0.717, 1.165) is 22.8 Å². The van der Waals surface area contributed by atoms with E-state index in [4.69, 9.17) is 5.73 Å². The van der Waals surface area contributed by atoms with Gasteiger partial charge in [-0.3, -0.25) is 0 Å². The Morgan fingerprint density at radius 1 is 1.26 bits per heavy atom. The summed E-state index contributed by atoms with van der Waals surface area (Å²) in [6, 6.07) is 6.71. The molecule has 0 spiro atoms. The summed E-state index contributed by atoms with van der Waals surface area (Å²) >= 11 is 3.19. The van der Waals surface area contributed by atoms with Crippen LogP contribution in [-0.4, -0.2) is 9.97 Å². The molecule has 0 bridgehead atoms. The summed E-state index contributed by atoms with van der Waals surface area (Å²) in [5.41, 5.74) is 8.01. The standard InChI is InChI=1S/C13H12FN3S2/c14-9-3-1-2-4-11(9)19-7-12-16-10-6-18-5-8(10)13(15)17-12/h1-4H,5-7H2,(H2,15,16,17). The first kappa shape index (κ1) is 12.7. The zero-order chi connectivity index (χ0) is 13.2. The molecule has 6 heteroatoms. The van der Waals surface area contributed by atoms with E-state index in [-0.39, 0.29) is 5.82 Å². The van der Waals surface area contributed by atoms with Gasteiger partial charge >= 0.3 is 0 Å². The first-order valence-electron chi connectivity index (χ1n) is 5.83. The fourth-order valence-corrected chi connectivity index (χ4v) is 3.74. The van der Waals surface area contributed by atoms with Gasteiger partial charge in [0.25, 0.3) is 0 Å². The Hall–Kier alpha value is -1.27. The second-order valence-corrected chi connectivity index (χ2v) is 6.16. The SMILES string of the molecule is Nc1nc(CSc2ccccc2F)nc2c1CSC2. The van der Waals surface area contributed by atoms with Gasteiger partial charge in [-0.25, -0.2) is 14.4 Å². The molecule has 2 aromatic rings. The number of benzene rings is 1. The number of aromatic nitrogens is 2. The Kier molecular flexibility index (Phi) is 3.61. The molecule has 2 heterocycles. The maximum Gasteiger partial charge on any atom is 0.141 e. The molecule has 98 valence electrons. The summed E-state index contributed by atoms with van der Waals surface area (Å²) in [6.07, 6.45) is 0. The molecular weight excluding hydrogens is 281 g/mol. The van der Waals surface area contributed by atoms with Crippen LogP contribution < -0.4 is 5.73 Å². The van der Waals surface area contributed by atoms with Gasteiger partial charge in [0.1, 0.15) is 17.5 Å². The lowest BCUT2D eigenvalue weighted by atomic mass is 10.2. The lowest BCUT2D eigenvalue weighted by Gasteiger charge is -2.06. The molecule has 0 unspecified atom stereocenters. The van der Waals surface area contributed by atoms with Crippen molar-refractivity contribution in [3.8, 4) is 0 Å². The largest absolute Gasteiger partial charge is 0.383 e. The zero-order valence-electron chi connectivity index (χ0n) is 10.1. The van der Waals surface area contributed by atoms with E-state index < -0.39 is 0 Å². The molecule has 0 amide bonds. The van der Waals surface area contributed by atoms with Gasteiger partial charge in [-0.1, -0.05) is 12.1 Å². The van der Waals surface area contributed by atoms with E-state index in [9.17, 15) is 4.39 Å². The number of thioether (sulfide) groups is 2. The zero-order valence-corrected chi connectivity index (χ0v) is 11.7. The molecule has 0 saturated heterocycles. The second-order valence-electron chi connectivity index (χ2n) is 4.16. The van der Waals surface area contributed by atoms with Crippen molar-refractivity contribution in [2.45, 2.75) is 22.2 Å². The summed E-state index contributed by atoms with van der Waals surface area (Å²) in [7, 11) is 0. The molecule has 1 aliphatic rings. The molecular formula is C13H12FN3S2. The highest BCUT2D eigenvalue weighted by molar-refractivity contribution is 7.98. The highest BCUT2D eigenvalue weighted by Gasteiger charge is 2.18. The van der Waals surface area contributed by atoms with E-state index >= 15 is 0 Å². The molecule has 2 N–H and O–H groups in total. The summed E-state index contributed by atoms with van der Waals surface area (Å²) in [4.78, 5) is 9.41. The van der Waals surface area contributed by atoms with E-state index in [2.05, 4.69) is 9.97 Å². The Bertz CT molecular complexity index is 619. The molecule has 1 aromatic heterocycles. The lowest BCUT2D eigenvalue weighted by molar-refractivity contribution is 0.602. The normalized spacial score (nSPS) is 13.5. The van der Waals surface area contributed by atoms with E-state index in [1.807, 2.05) is 6.07 Å². The van der Waals surface area contributed by atoms with Crippen LogP contribution >= 0.6 is 23.5 Å². The maximum atomic E-state index is 13.5. The molecule has 3 nitrogen and oxygen atoms in total. The van der Waals surface area contributed by atoms with Crippen molar-refractivity contribution < 1.29 is 4.39 Å². The molecule has 3 rings (SSSR count). The van der Waals surface area contributed by atoms with Gasteiger partial charge in [0.05, 0.1) is 11.4 Å². The van der Waals surface area contributed by atoms with Gasteiger partial charge in [0.15, 0.2) is 0 Å². The average molecular weight is 293 g/mol. The molecule has 0 atom stereocenters. The summed E-state index contributed by atoms with van der Waals surface area (Å²) < 4.78 is 13.5. The second kappa shape index (κ2) is 5.38. The van der Waals surface area contributed by atoms with E-state index in [1.54, 1.807) is 23.9 Å². The number of halogens is 1. The minimum atomic E-state index is -0.211. The average Bonchev–Trinajstić information content (AvgIpc) is 2.87. The predicted octanol–water partition coefficient (Wildman–Crippen LogP) is 3.24. The number of anilines is 1. The highest BCUT2D eigenvalue weighted by atomic mass is 32.2. The van der Waals surface area contributed by atoms with Crippen LogP contribution in [0, 0.1) is 5.82 Å². The Morgan fingerprint density at radius 2 is 2.11 bits per heavy atom. The summed E-state index contributed by atoms with van der Waals surface area (Å²) in [5.74, 6) is 3.34. The molecule has 19 heavy (non-hydrogen) atoms. The number of nitrogens with two attached hydrogens (primary N) is 1. The Balaban J connectivity index is 1.78. The fourth-order valence-electron chi connectivity index (χ4n) is 1.90. The Morgan fingerprint density at radius 3 is 2.95 bits per heavy atom. The van der Waals surface area contributed by atoms with Crippen LogP contribution in [0.5, 0.6) is 0 Å². The first-order chi connectivity index (χ1) is 9.24. The van der Waals surface area contributed by atoms with Crippen molar-refractivity contribution in [2.24, 2.45) is 0 Å². The highest BCUT2D eigenvalue weighted by Crippen LogP contribution is 2.32. The van der Waals surface area contributed by atoms with Crippen molar-refractivity contribution in [1.82, 2.24) is 9.97 Å². The van der Waals surface area contributed by atoms with Crippen LogP contribution in [0.3, 0.4) is 0 Å². The van der Waals surface area contributed by atoms with Crippen LogP contribution in [-0.2, 0) is 17.3 Å². The monoisotopic (exact) mass is 293 g/mol. The van der Waals surface area contributed by atoms with Crippen molar-refractivity contribution in [3.05, 3.63) is 47.2 Å². The fraction of sp³-hybridized carbons (Fsp3) is 0.231. The predicted molar refractivity (Wildman–Crippen MR) is 77.4 cm³/mol. The van der Waals surface area contributed by atoms with Gasteiger partial charge in [0, 0.05) is 22.0 Å². The first-order valence-corrected chi connectivity index (χ1v) is 7.97. The quantitative estimate of drug-likeness (QED) is 0.880. The van der Waals surface area contributed by atoms with Crippen LogP contribution in [0.2, 0.25) is 0 Å². The molecule has 1 aromatic carbocycles. The molecule has 0 aliphatic carbocycles. The van der Waals surface area contributed by atoms with Gasteiger partial charge < -0.3 is 5.73 Å². The molecule has 0 fully saturated rings. The third kappa shape index (κ3) is 2.69. The summed E-state index contributed by atoms with van der Waals surface area (Å²) in [5, 5.41) is 0. The topological polar surface area (TPSA) is 51.8 Å². The molecule has 0 saturated carbocycles. The van der Waals surface area contributed by atoms with Crippen molar-refractivity contribution in [3.63, 3.8) is 0 Å². The summed E-state index contributed by atoms with van der Waals surface area (Å²) in [6.45, 7) is 0. The van der Waals surface area contributed by atoms with E-state index in [0.29, 0.717) is 22.3 Å². The molecule has 0 radical (unpaired) electrons. The number of fused-ring (bicyclic) bond motifs is 1. The van der Waals surface area contributed by atoms with E-state index in [1.165, 1.54) is 17.8 Å². The molecule has 1 aliphatic heterocycles. The van der Waals surface area contributed by atoms with Crippen LogP contribution in [0.15, 0.2) is 29.2 Å². The minimum absolute atomic E-state index is 0.211. The van der Waals surface area contributed by atoms with Gasteiger partial charge in [-0.2, -0.15) is 11.8 Å². The number of hydrogen-bond acceptors (Lipinski definition) is 5. The number of nitrogen functional groups attached to an aromatic ring is 1. The van der Waals surface area contributed by atoms with Crippen molar-refractivity contribution in [2.75, 3.05) is 5.73 Å². The van der Waals surface area contributed by atoms with Crippen molar-refractivity contribution in [1.29, 1.82) is 0 Å². The maximum absolute atomic E-state index is 13.5. The lowest BCUT2D eigenvalue weighted by Crippen LogP contribution is -2.04. The van der Waals surface area contributed by atoms with Crippen LogP contribution in [0.25, 0.3) is 0 Å². The van der Waals surface area contributed by atoms with Gasteiger partial charge in [-0.05, 0) is 12.1 Å². The third-order valence-corrected chi connectivity index (χ3v) is 4.86.